The van der Waals surface area contributed by atoms with Crippen molar-refractivity contribution in [3.05, 3.63) is 0 Å². The first-order valence-corrected chi connectivity index (χ1v) is 5.40. The van der Waals surface area contributed by atoms with Gasteiger partial charge >= 0.3 is 0 Å². The molecule has 0 saturated heterocycles. The minimum Gasteiger partial charge on any atom is -0.382 e. The van der Waals surface area contributed by atoms with Crippen LogP contribution in [0.5, 0.6) is 0 Å². The van der Waals surface area contributed by atoms with E-state index in [1.165, 1.54) is 0 Å². The number of ketones is 1. The lowest BCUT2D eigenvalue weighted by atomic mass is 10.1. The van der Waals surface area contributed by atoms with Crippen molar-refractivity contribution in [2.24, 2.45) is 0 Å². The van der Waals surface area contributed by atoms with Crippen LogP contribution < -0.4 is 0 Å². The molecule has 0 atom stereocenters. The lowest BCUT2D eigenvalue weighted by Crippen LogP contribution is -1.99. The van der Waals surface area contributed by atoms with Crippen LogP contribution in [-0.2, 0) is 9.53 Å². The molecular formula is C11H22O2. The van der Waals surface area contributed by atoms with Gasteiger partial charge in [-0.3, -0.25) is 4.79 Å². The number of carbonyl (C=O) groups is 1. The van der Waals surface area contributed by atoms with E-state index in [1.807, 2.05) is 6.92 Å². The molecule has 78 valence electrons. The summed E-state index contributed by atoms with van der Waals surface area (Å²) in [5, 5.41) is 0. The van der Waals surface area contributed by atoms with Crippen molar-refractivity contribution in [3.8, 4) is 0 Å². The van der Waals surface area contributed by atoms with Crippen LogP contribution in [0.2, 0.25) is 0 Å². The van der Waals surface area contributed by atoms with E-state index in [4.69, 9.17) is 4.74 Å². The molecule has 2 nitrogen and oxygen atoms in total. The van der Waals surface area contributed by atoms with E-state index < -0.39 is 0 Å². The average molecular weight is 186 g/mol. The van der Waals surface area contributed by atoms with Crippen LogP contribution >= 0.6 is 0 Å². The molecule has 0 aliphatic carbocycles. The highest BCUT2D eigenvalue weighted by Crippen LogP contribution is 2.03. The van der Waals surface area contributed by atoms with E-state index in [2.05, 4.69) is 6.92 Å². The Kier molecular flexibility index (Phi) is 9.44. The summed E-state index contributed by atoms with van der Waals surface area (Å²) in [5.41, 5.74) is 0. The molecule has 0 saturated carbocycles. The van der Waals surface area contributed by atoms with Crippen molar-refractivity contribution in [2.45, 2.75) is 52.4 Å². The first-order valence-electron chi connectivity index (χ1n) is 5.40. The Morgan fingerprint density at radius 3 is 2.38 bits per heavy atom. The average Bonchev–Trinajstić information content (AvgIpc) is 2.14. The van der Waals surface area contributed by atoms with Crippen molar-refractivity contribution in [3.63, 3.8) is 0 Å². The maximum absolute atomic E-state index is 11.2. The lowest BCUT2D eigenvalue weighted by molar-refractivity contribution is -0.119. The Morgan fingerprint density at radius 2 is 1.77 bits per heavy atom. The monoisotopic (exact) mass is 186 g/mol. The Bertz CT molecular complexity index is 121. The van der Waals surface area contributed by atoms with Gasteiger partial charge in [-0.05, 0) is 26.2 Å². The quantitative estimate of drug-likeness (QED) is 0.517. The summed E-state index contributed by atoms with van der Waals surface area (Å²) in [6.07, 6.45) is 5.68. The van der Waals surface area contributed by atoms with Crippen molar-refractivity contribution in [1.82, 2.24) is 0 Å². The van der Waals surface area contributed by atoms with Crippen molar-refractivity contribution >= 4 is 5.78 Å². The molecule has 0 N–H and O–H groups in total. The molecule has 0 heterocycles. The van der Waals surface area contributed by atoms with Crippen LogP contribution in [0.1, 0.15) is 52.4 Å². The number of hydrogen-bond donors (Lipinski definition) is 0. The van der Waals surface area contributed by atoms with Crippen LogP contribution in [0.4, 0.5) is 0 Å². The molecule has 2 heteroatoms. The fourth-order valence-corrected chi connectivity index (χ4v) is 1.17. The smallest absolute Gasteiger partial charge is 0.132 e. The second kappa shape index (κ2) is 9.72. The highest BCUT2D eigenvalue weighted by atomic mass is 16.5. The number of Topliss-reactive ketones (excluding diaryl/α,β-unsaturated/α-hetero) is 1. The molecule has 0 aromatic heterocycles. The lowest BCUT2D eigenvalue weighted by Gasteiger charge is -2.00. The van der Waals surface area contributed by atoms with Crippen molar-refractivity contribution in [2.75, 3.05) is 13.2 Å². The first-order chi connectivity index (χ1) is 6.31. The zero-order chi connectivity index (χ0) is 9.94. The Hall–Kier alpha value is -0.370. The largest absolute Gasteiger partial charge is 0.382 e. The van der Waals surface area contributed by atoms with E-state index in [0.717, 1.165) is 51.7 Å². The second-order valence-corrected chi connectivity index (χ2v) is 3.30. The molecule has 0 radical (unpaired) electrons. The van der Waals surface area contributed by atoms with Crippen LogP contribution in [0.25, 0.3) is 0 Å². The van der Waals surface area contributed by atoms with E-state index >= 15 is 0 Å². The molecule has 0 aromatic carbocycles. The third-order valence-corrected chi connectivity index (χ3v) is 2.01. The van der Waals surface area contributed by atoms with Gasteiger partial charge in [-0.15, -0.1) is 0 Å². The maximum atomic E-state index is 11.2. The fraction of sp³-hybridized carbons (Fsp3) is 0.909. The number of hydrogen-bond acceptors (Lipinski definition) is 2. The zero-order valence-corrected chi connectivity index (χ0v) is 8.97. The Balaban J connectivity index is 3.08. The maximum Gasteiger partial charge on any atom is 0.132 e. The molecule has 0 spiro atoms. The van der Waals surface area contributed by atoms with Crippen LogP contribution in [0.15, 0.2) is 0 Å². The summed E-state index contributed by atoms with van der Waals surface area (Å²) in [7, 11) is 0. The summed E-state index contributed by atoms with van der Waals surface area (Å²) in [5.74, 6) is 0.415. The summed E-state index contributed by atoms with van der Waals surface area (Å²) >= 11 is 0. The molecule has 0 fully saturated rings. The Morgan fingerprint density at radius 1 is 1.08 bits per heavy atom. The van der Waals surface area contributed by atoms with E-state index in [1.54, 1.807) is 0 Å². The van der Waals surface area contributed by atoms with Gasteiger partial charge in [0, 0.05) is 26.1 Å². The van der Waals surface area contributed by atoms with Gasteiger partial charge in [-0.1, -0.05) is 13.3 Å². The normalized spacial score (nSPS) is 10.3. The van der Waals surface area contributed by atoms with Crippen molar-refractivity contribution < 1.29 is 9.53 Å². The van der Waals surface area contributed by atoms with E-state index in [-0.39, 0.29) is 0 Å². The molecule has 0 amide bonds. The van der Waals surface area contributed by atoms with E-state index in [0.29, 0.717) is 5.78 Å². The fourth-order valence-electron chi connectivity index (χ4n) is 1.17. The van der Waals surface area contributed by atoms with Gasteiger partial charge < -0.3 is 4.74 Å². The first kappa shape index (κ1) is 12.6. The van der Waals surface area contributed by atoms with Gasteiger partial charge in [0.25, 0.3) is 0 Å². The second-order valence-electron chi connectivity index (χ2n) is 3.30. The summed E-state index contributed by atoms with van der Waals surface area (Å²) < 4.78 is 5.19. The number of rotatable bonds is 9. The Labute approximate surface area is 81.7 Å². The van der Waals surface area contributed by atoms with Gasteiger partial charge in [0.2, 0.25) is 0 Å². The molecule has 13 heavy (non-hydrogen) atoms. The zero-order valence-electron chi connectivity index (χ0n) is 8.97. The molecule has 0 rings (SSSR count). The molecule has 0 unspecified atom stereocenters. The third kappa shape index (κ3) is 9.54. The van der Waals surface area contributed by atoms with Crippen molar-refractivity contribution in [1.29, 1.82) is 0 Å². The van der Waals surface area contributed by atoms with Gasteiger partial charge in [-0.25, -0.2) is 0 Å². The highest BCUT2D eigenvalue weighted by molar-refractivity contribution is 5.78. The summed E-state index contributed by atoms with van der Waals surface area (Å²) in [6.45, 7) is 5.69. The minimum atomic E-state index is 0.415. The standard InChI is InChI=1S/C11H22O2/c1-3-5-8-11(12)9-6-7-10-13-4-2/h3-10H2,1-2H3. The molecule has 0 bridgehead atoms. The van der Waals surface area contributed by atoms with Crippen LogP contribution in [0.3, 0.4) is 0 Å². The summed E-state index contributed by atoms with van der Waals surface area (Å²) in [6, 6.07) is 0. The molecule has 0 aliphatic heterocycles. The number of unbranched alkanes of at least 4 members (excludes halogenated alkanes) is 2. The molecule has 0 aromatic rings. The predicted octanol–water partition coefficient (Wildman–Crippen LogP) is 2.95. The number of ether oxygens (including phenoxy) is 1. The molecular weight excluding hydrogens is 164 g/mol. The van der Waals surface area contributed by atoms with E-state index in [9.17, 15) is 4.79 Å². The SMILES string of the molecule is CCCCC(=O)CCCCOCC. The van der Waals surface area contributed by atoms with Gasteiger partial charge in [-0.2, -0.15) is 0 Å². The predicted molar refractivity (Wildman–Crippen MR) is 54.9 cm³/mol. The van der Waals surface area contributed by atoms with Crippen LogP contribution in [-0.4, -0.2) is 19.0 Å². The number of carbonyl (C=O) groups excluding carboxylic acids is 1. The van der Waals surface area contributed by atoms with Gasteiger partial charge in [0.1, 0.15) is 5.78 Å². The van der Waals surface area contributed by atoms with Gasteiger partial charge in [0.15, 0.2) is 0 Å². The minimum absolute atomic E-state index is 0.415. The summed E-state index contributed by atoms with van der Waals surface area (Å²) in [4.78, 5) is 11.2. The van der Waals surface area contributed by atoms with Gasteiger partial charge in [0.05, 0.1) is 0 Å². The topological polar surface area (TPSA) is 26.3 Å². The third-order valence-electron chi connectivity index (χ3n) is 2.01. The highest BCUT2D eigenvalue weighted by Gasteiger charge is 2.00. The van der Waals surface area contributed by atoms with Crippen LogP contribution in [0, 0.1) is 0 Å². The molecule has 0 aliphatic rings.